The third-order valence-corrected chi connectivity index (χ3v) is 4.45. The lowest BCUT2D eigenvalue weighted by Gasteiger charge is -2.32. The van der Waals surface area contributed by atoms with E-state index in [1.807, 2.05) is 59.5 Å². The number of para-hydroxylation sites is 1. The van der Waals surface area contributed by atoms with E-state index in [-0.39, 0.29) is 18.4 Å². The van der Waals surface area contributed by atoms with Gasteiger partial charge in [0.25, 0.3) is 5.91 Å². The quantitative estimate of drug-likeness (QED) is 0.919. The molecule has 1 aliphatic heterocycles. The minimum Gasteiger partial charge on any atom is -0.489 e. The molecule has 24 heavy (non-hydrogen) atoms. The van der Waals surface area contributed by atoms with E-state index >= 15 is 0 Å². The number of nitrogens with zero attached hydrogens (tertiary/aromatic N) is 1. The molecule has 4 heteroatoms. The maximum atomic E-state index is 12.9. The second-order valence-electron chi connectivity index (χ2n) is 6.20. The Morgan fingerprint density at radius 3 is 2.67 bits per heavy atom. The van der Waals surface area contributed by atoms with Crippen molar-refractivity contribution in [1.29, 1.82) is 0 Å². The van der Waals surface area contributed by atoms with E-state index in [1.54, 1.807) is 0 Å². The molecule has 1 fully saturated rings. The number of piperidine rings is 1. The number of carbonyl (C=O) groups excluding carboxylic acids is 1. The molecule has 0 spiro atoms. The number of benzene rings is 2. The van der Waals surface area contributed by atoms with Crippen molar-refractivity contribution in [3.63, 3.8) is 0 Å². The van der Waals surface area contributed by atoms with Gasteiger partial charge in [0.05, 0.1) is 0 Å². The number of rotatable bonds is 5. The molecule has 1 atom stereocenters. The minimum absolute atomic E-state index is 0.0282. The van der Waals surface area contributed by atoms with E-state index in [0.29, 0.717) is 18.7 Å². The Kier molecular flexibility index (Phi) is 5.49. The SMILES string of the molecule is O=C(c1ccccc1COc1ccccc1)N1CCCC(CO)C1. The Morgan fingerprint density at radius 2 is 1.88 bits per heavy atom. The molecule has 1 unspecified atom stereocenters. The first kappa shape index (κ1) is 16.5. The lowest BCUT2D eigenvalue weighted by Crippen LogP contribution is -2.41. The van der Waals surface area contributed by atoms with Crippen molar-refractivity contribution in [2.45, 2.75) is 19.4 Å². The molecule has 0 aliphatic carbocycles. The van der Waals surface area contributed by atoms with Crippen molar-refractivity contribution in [2.24, 2.45) is 5.92 Å². The van der Waals surface area contributed by atoms with Crippen molar-refractivity contribution >= 4 is 5.91 Å². The summed E-state index contributed by atoms with van der Waals surface area (Å²) in [4.78, 5) is 14.7. The number of aliphatic hydroxyl groups is 1. The molecule has 2 aromatic carbocycles. The molecule has 126 valence electrons. The molecule has 0 radical (unpaired) electrons. The minimum atomic E-state index is 0.0282. The van der Waals surface area contributed by atoms with Gasteiger partial charge in [0.1, 0.15) is 12.4 Å². The zero-order valence-corrected chi connectivity index (χ0v) is 13.7. The van der Waals surface area contributed by atoms with Gasteiger partial charge in [0.15, 0.2) is 0 Å². The number of aliphatic hydroxyl groups excluding tert-OH is 1. The third-order valence-electron chi connectivity index (χ3n) is 4.45. The molecule has 0 saturated carbocycles. The zero-order valence-electron chi connectivity index (χ0n) is 13.7. The first-order valence-corrected chi connectivity index (χ1v) is 8.44. The molecule has 3 rings (SSSR count). The van der Waals surface area contributed by atoms with Gasteiger partial charge in [-0.3, -0.25) is 4.79 Å². The van der Waals surface area contributed by atoms with E-state index in [9.17, 15) is 9.90 Å². The molecular formula is C20H23NO3. The summed E-state index contributed by atoms with van der Waals surface area (Å²) in [5.41, 5.74) is 1.57. The summed E-state index contributed by atoms with van der Waals surface area (Å²) in [6.07, 6.45) is 1.93. The highest BCUT2D eigenvalue weighted by Crippen LogP contribution is 2.21. The first-order valence-electron chi connectivity index (χ1n) is 8.44. The summed E-state index contributed by atoms with van der Waals surface area (Å²) in [7, 11) is 0. The summed E-state index contributed by atoms with van der Waals surface area (Å²) in [5, 5.41) is 9.37. The van der Waals surface area contributed by atoms with Gasteiger partial charge in [-0.25, -0.2) is 0 Å². The van der Waals surface area contributed by atoms with Gasteiger partial charge in [-0.2, -0.15) is 0 Å². The summed E-state index contributed by atoms with van der Waals surface area (Å²) >= 11 is 0. The van der Waals surface area contributed by atoms with Crippen LogP contribution in [-0.4, -0.2) is 35.6 Å². The van der Waals surface area contributed by atoms with Crippen LogP contribution in [0, 0.1) is 5.92 Å². The van der Waals surface area contributed by atoms with E-state index in [4.69, 9.17) is 4.74 Å². The summed E-state index contributed by atoms with van der Waals surface area (Å²) < 4.78 is 5.80. The van der Waals surface area contributed by atoms with Crippen LogP contribution in [0.15, 0.2) is 54.6 Å². The fraction of sp³-hybridized carbons (Fsp3) is 0.350. The number of ether oxygens (including phenoxy) is 1. The zero-order chi connectivity index (χ0) is 16.8. The van der Waals surface area contributed by atoms with Gasteiger partial charge >= 0.3 is 0 Å². The number of amides is 1. The Hall–Kier alpha value is -2.33. The van der Waals surface area contributed by atoms with Crippen LogP contribution in [0.2, 0.25) is 0 Å². The van der Waals surface area contributed by atoms with Gasteiger partial charge < -0.3 is 14.7 Å². The lowest BCUT2D eigenvalue weighted by molar-refractivity contribution is 0.0618. The predicted molar refractivity (Wildman–Crippen MR) is 92.9 cm³/mol. The maximum absolute atomic E-state index is 12.9. The molecule has 1 N–H and O–H groups in total. The fourth-order valence-electron chi connectivity index (χ4n) is 3.10. The van der Waals surface area contributed by atoms with Crippen molar-refractivity contribution in [2.75, 3.05) is 19.7 Å². The molecular weight excluding hydrogens is 302 g/mol. The summed E-state index contributed by atoms with van der Waals surface area (Å²) in [5.74, 6) is 1.01. The fourth-order valence-corrected chi connectivity index (χ4v) is 3.10. The Labute approximate surface area is 142 Å². The van der Waals surface area contributed by atoms with E-state index in [2.05, 4.69) is 0 Å². The monoisotopic (exact) mass is 325 g/mol. The number of hydrogen-bond acceptors (Lipinski definition) is 3. The number of hydrogen-bond donors (Lipinski definition) is 1. The number of likely N-dealkylation sites (tertiary alicyclic amines) is 1. The van der Waals surface area contributed by atoms with Crippen LogP contribution in [0.4, 0.5) is 0 Å². The molecule has 1 heterocycles. The second kappa shape index (κ2) is 7.97. The highest BCUT2D eigenvalue weighted by Gasteiger charge is 2.25. The average Bonchev–Trinajstić information content (AvgIpc) is 2.67. The van der Waals surface area contributed by atoms with Crippen LogP contribution in [0.1, 0.15) is 28.8 Å². The Morgan fingerprint density at radius 1 is 1.12 bits per heavy atom. The molecule has 0 bridgehead atoms. The van der Waals surface area contributed by atoms with Gasteiger partial charge in [0, 0.05) is 30.8 Å². The van der Waals surface area contributed by atoms with E-state index in [1.165, 1.54) is 0 Å². The molecule has 1 amide bonds. The van der Waals surface area contributed by atoms with Crippen molar-refractivity contribution < 1.29 is 14.6 Å². The topological polar surface area (TPSA) is 49.8 Å². The first-order chi connectivity index (χ1) is 11.8. The van der Waals surface area contributed by atoms with Crippen molar-refractivity contribution in [3.8, 4) is 5.75 Å². The molecule has 0 aromatic heterocycles. The number of carbonyl (C=O) groups is 1. The van der Waals surface area contributed by atoms with E-state index < -0.39 is 0 Å². The van der Waals surface area contributed by atoms with Crippen LogP contribution < -0.4 is 4.74 Å². The van der Waals surface area contributed by atoms with Crippen LogP contribution in [0.25, 0.3) is 0 Å². The normalized spacial score (nSPS) is 17.5. The summed E-state index contributed by atoms with van der Waals surface area (Å²) in [6.45, 7) is 1.89. The van der Waals surface area contributed by atoms with Crippen LogP contribution >= 0.6 is 0 Å². The van der Waals surface area contributed by atoms with E-state index in [0.717, 1.165) is 30.7 Å². The molecule has 4 nitrogen and oxygen atoms in total. The van der Waals surface area contributed by atoms with Crippen LogP contribution in [0.3, 0.4) is 0 Å². The highest BCUT2D eigenvalue weighted by atomic mass is 16.5. The molecule has 1 saturated heterocycles. The molecule has 2 aromatic rings. The third kappa shape index (κ3) is 3.95. The Bertz CT molecular complexity index is 672. The highest BCUT2D eigenvalue weighted by molar-refractivity contribution is 5.95. The summed E-state index contributed by atoms with van der Waals surface area (Å²) in [6, 6.07) is 17.2. The van der Waals surface area contributed by atoms with Gasteiger partial charge in [-0.05, 0) is 37.0 Å². The van der Waals surface area contributed by atoms with Gasteiger partial charge in [-0.15, -0.1) is 0 Å². The largest absolute Gasteiger partial charge is 0.489 e. The smallest absolute Gasteiger partial charge is 0.254 e. The van der Waals surface area contributed by atoms with Gasteiger partial charge in [-0.1, -0.05) is 36.4 Å². The maximum Gasteiger partial charge on any atom is 0.254 e. The Balaban J connectivity index is 1.72. The van der Waals surface area contributed by atoms with Crippen LogP contribution in [-0.2, 0) is 6.61 Å². The average molecular weight is 325 g/mol. The predicted octanol–water partition coefficient (Wildman–Crippen LogP) is 3.11. The van der Waals surface area contributed by atoms with Crippen LogP contribution in [0.5, 0.6) is 5.75 Å². The van der Waals surface area contributed by atoms with Crippen molar-refractivity contribution in [1.82, 2.24) is 4.90 Å². The molecule has 1 aliphatic rings. The lowest BCUT2D eigenvalue weighted by atomic mass is 9.97. The van der Waals surface area contributed by atoms with Gasteiger partial charge in [0.2, 0.25) is 0 Å². The van der Waals surface area contributed by atoms with Crippen molar-refractivity contribution in [3.05, 3.63) is 65.7 Å². The standard InChI is InChI=1S/C20H23NO3/c22-14-16-7-6-12-21(13-16)20(23)19-11-5-4-8-17(19)15-24-18-9-2-1-3-10-18/h1-5,8-11,16,22H,6-7,12-15H2. The second-order valence-corrected chi connectivity index (χ2v) is 6.20.